The van der Waals surface area contributed by atoms with Crippen LogP contribution >= 0.6 is 0 Å². The van der Waals surface area contributed by atoms with Crippen molar-refractivity contribution in [3.8, 4) is 0 Å². The Morgan fingerprint density at radius 1 is 1.53 bits per heavy atom. The number of nitrogens with zero attached hydrogens (tertiary/aromatic N) is 5. The Bertz CT molecular complexity index is 672. The molecule has 0 aliphatic carbocycles. The van der Waals surface area contributed by atoms with Crippen molar-refractivity contribution in [2.24, 2.45) is 12.0 Å². The molecule has 0 fully saturated rings. The summed E-state index contributed by atoms with van der Waals surface area (Å²) in [6.07, 6.45) is 2.59. The van der Waals surface area contributed by atoms with Crippen LogP contribution in [0.1, 0.15) is 11.4 Å². The second-order valence-electron chi connectivity index (χ2n) is 4.08. The van der Waals surface area contributed by atoms with E-state index in [2.05, 4.69) is 19.8 Å². The van der Waals surface area contributed by atoms with Gasteiger partial charge in [0.1, 0.15) is 0 Å². The molecule has 100 valence electrons. The van der Waals surface area contributed by atoms with Crippen LogP contribution in [-0.2, 0) is 11.8 Å². The highest BCUT2D eigenvalue weighted by Crippen LogP contribution is 2.07. The fourth-order valence-corrected chi connectivity index (χ4v) is 1.69. The number of allylic oxidation sites excluding steroid dienone is 1. The van der Waals surface area contributed by atoms with Crippen molar-refractivity contribution in [1.29, 1.82) is 0 Å². The number of hydrogen-bond acceptors (Lipinski definition) is 5. The van der Waals surface area contributed by atoms with Gasteiger partial charge in [-0.1, -0.05) is 0 Å². The number of methoxy groups -OCH3 is 1. The molecule has 0 saturated heterocycles. The van der Waals surface area contributed by atoms with Crippen molar-refractivity contribution >= 4 is 17.9 Å². The minimum atomic E-state index is -0.458. The monoisotopic (exact) mass is 261 g/mol. The summed E-state index contributed by atoms with van der Waals surface area (Å²) in [4.78, 5) is 8.52. The van der Waals surface area contributed by atoms with E-state index < -0.39 is 5.95 Å². The van der Waals surface area contributed by atoms with E-state index in [1.807, 2.05) is 27.0 Å². The second-order valence-corrected chi connectivity index (χ2v) is 4.08. The molecule has 19 heavy (non-hydrogen) atoms. The molecular formula is C12H15N5O2. The first-order valence-electron chi connectivity index (χ1n) is 5.71. The lowest BCUT2D eigenvalue weighted by Gasteiger charge is -2.04. The summed E-state index contributed by atoms with van der Waals surface area (Å²) in [6.45, 7) is 3.87. The zero-order valence-electron chi connectivity index (χ0n) is 11.3. The molecule has 0 aromatic carbocycles. The minimum Gasteiger partial charge on any atom is -0.616 e. The molecule has 7 nitrogen and oxygen atoms in total. The smallest absolute Gasteiger partial charge is 0.384 e. The van der Waals surface area contributed by atoms with Crippen LogP contribution in [0.3, 0.4) is 0 Å². The predicted molar refractivity (Wildman–Crippen MR) is 66.9 cm³/mol. The van der Waals surface area contributed by atoms with E-state index in [9.17, 15) is 5.11 Å². The highest BCUT2D eigenvalue weighted by molar-refractivity contribution is 5.73. The van der Waals surface area contributed by atoms with Crippen LogP contribution in [-0.4, -0.2) is 27.9 Å². The lowest BCUT2D eigenvalue weighted by Crippen LogP contribution is -2.28. The van der Waals surface area contributed by atoms with Crippen molar-refractivity contribution < 1.29 is 14.4 Å². The molecule has 0 amide bonds. The molecule has 2 heterocycles. The maximum Gasteiger partial charge on any atom is 0.384 e. The molecule has 7 heteroatoms. The molecule has 0 radical (unpaired) electrons. The standard InChI is InChI=1S/C12H15N5O2/c1-8-7-9(2)17-12(14-8)16(3)11(15-17)13-6-5-10(18)19-4/h5-7H,1-4H3. The summed E-state index contributed by atoms with van der Waals surface area (Å²) in [6, 6.07) is 1.94. The first-order chi connectivity index (χ1) is 9.02. The van der Waals surface area contributed by atoms with Crippen LogP contribution in [0, 0.1) is 13.8 Å². The van der Waals surface area contributed by atoms with Crippen molar-refractivity contribution in [3.05, 3.63) is 29.5 Å². The van der Waals surface area contributed by atoms with Crippen molar-refractivity contribution in [3.63, 3.8) is 0 Å². The van der Waals surface area contributed by atoms with E-state index in [1.165, 1.54) is 19.4 Å². The lowest BCUT2D eigenvalue weighted by atomic mass is 10.4. The fraction of sp³-hybridized carbons (Fsp3) is 0.333. The molecule has 0 aliphatic rings. The maximum absolute atomic E-state index is 10.9. The van der Waals surface area contributed by atoms with Crippen LogP contribution in [0.2, 0.25) is 0 Å². The topological polar surface area (TPSA) is 78.7 Å². The summed E-state index contributed by atoms with van der Waals surface area (Å²) in [5.74, 6) is 0.699. The zero-order valence-corrected chi connectivity index (χ0v) is 11.3. The molecule has 0 aliphatic heterocycles. The van der Waals surface area contributed by atoms with Crippen molar-refractivity contribution in [1.82, 2.24) is 14.6 Å². The molecule has 2 aromatic heterocycles. The third kappa shape index (κ3) is 2.54. The van der Waals surface area contributed by atoms with Crippen molar-refractivity contribution in [2.75, 3.05) is 7.11 Å². The normalized spacial score (nSPS) is 12.5. The molecule has 2 rings (SSSR count). The molecule has 0 atom stereocenters. The summed E-state index contributed by atoms with van der Waals surface area (Å²) in [5.41, 5.74) is 1.88. The summed E-state index contributed by atoms with van der Waals surface area (Å²) in [5, 5.41) is 15.3. The van der Waals surface area contributed by atoms with Gasteiger partial charge in [0.25, 0.3) is 0 Å². The lowest BCUT2D eigenvalue weighted by molar-refractivity contribution is -0.634. The number of aryl methyl sites for hydroxylation is 3. The van der Waals surface area contributed by atoms with Crippen LogP contribution < -0.4 is 9.67 Å². The van der Waals surface area contributed by atoms with E-state index in [0.717, 1.165) is 11.4 Å². The van der Waals surface area contributed by atoms with E-state index in [0.29, 0.717) is 11.7 Å². The SMILES string of the molecule is CO/C([O-])=C/C=N/c1nn2c(C)cc(C)nc2[n+]1C. The second kappa shape index (κ2) is 5.05. The Labute approximate surface area is 110 Å². The summed E-state index contributed by atoms with van der Waals surface area (Å²) in [7, 11) is 3.13. The third-order valence-corrected chi connectivity index (χ3v) is 2.61. The van der Waals surface area contributed by atoms with Crippen LogP contribution in [0.4, 0.5) is 5.95 Å². The molecule has 0 saturated carbocycles. The number of ether oxygens (including phenoxy) is 1. The quantitative estimate of drug-likeness (QED) is 0.432. The van der Waals surface area contributed by atoms with Crippen LogP contribution in [0.25, 0.3) is 5.78 Å². The van der Waals surface area contributed by atoms with Gasteiger partial charge in [-0.25, -0.2) is 4.57 Å². The van der Waals surface area contributed by atoms with Gasteiger partial charge < -0.3 is 9.84 Å². The van der Waals surface area contributed by atoms with Crippen LogP contribution in [0.15, 0.2) is 23.1 Å². The number of hydrogen-bond donors (Lipinski definition) is 0. The number of fused-ring (bicyclic) bond motifs is 1. The van der Waals surface area contributed by atoms with Crippen molar-refractivity contribution in [2.45, 2.75) is 13.8 Å². The van der Waals surface area contributed by atoms with Gasteiger partial charge >= 0.3 is 11.7 Å². The van der Waals surface area contributed by atoms with Gasteiger partial charge in [-0.2, -0.15) is 0 Å². The van der Waals surface area contributed by atoms with Gasteiger partial charge in [0.15, 0.2) is 0 Å². The number of aromatic nitrogens is 4. The highest BCUT2D eigenvalue weighted by Gasteiger charge is 2.17. The van der Waals surface area contributed by atoms with Gasteiger partial charge in [0.05, 0.1) is 23.5 Å². The van der Waals surface area contributed by atoms with Gasteiger partial charge in [0, 0.05) is 18.2 Å². The number of aliphatic imine (C=N–C) groups is 1. The Morgan fingerprint density at radius 2 is 2.26 bits per heavy atom. The van der Waals surface area contributed by atoms with Gasteiger partial charge in [-0.15, -0.1) is 14.5 Å². The van der Waals surface area contributed by atoms with Gasteiger partial charge in [-0.3, -0.25) is 0 Å². The summed E-state index contributed by atoms with van der Waals surface area (Å²) < 4.78 is 7.94. The van der Waals surface area contributed by atoms with E-state index in [1.54, 1.807) is 9.08 Å². The van der Waals surface area contributed by atoms with Gasteiger partial charge in [0.2, 0.25) is 0 Å². The average molecular weight is 261 g/mol. The largest absolute Gasteiger partial charge is 0.616 e. The van der Waals surface area contributed by atoms with E-state index in [-0.39, 0.29) is 0 Å². The Morgan fingerprint density at radius 3 is 2.95 bits per heavy atom. The highest BCUT2D eigenvalue weighted by atomic mass is 16.6. The molecule has 2 aromatic rings. The Hall–Kier alpha value is -2.44. The number of rotatable bonds is 3. The zero-order chi connectivity index (χ0) is 14.0. The Balaban J connectivity index is 2.46. The first-order valence-corrected chi connectivity index (χ1v) is 5.71. The first kappa shape index (κ1) is 13.0. The molecule has 0 spiro atoms. The molecule has 0 bridgehead atoms. The molecular weight excluding hydrogens is 246 g/mol. The average Bonchev–Trinajstić information content (AvgIpc) is 2.67. The molecule has 0 unspecified atom stereocenters. The minimum absolute atomic E-state index is 0.458. The van der Waals surface area contributed by atoms with Gasteiger partial charge in [-0.05, 0) is 27.0 Å². The van der Waals surface area contributed by atoms with Crippen LogP contribution in [0.5, 0.6) is 0 Å². The fourth-order valence-electron chi connectivity index (χ4n) is 1.69. The summed E-state index contributed by atoms with van der Waals surface area (Å²) >= 11 is 0. The third-order valence-electron chi connectivity index (χ3n) is 2.61. The van der Waals surface area contributed by atoms with E-state index >= 15 is 0 Å². The predicted octanol–water partition coefficient (Wildman–Crippen LogP) is -0.279. The Kier molecular flexibility index (Phi) is 3.46. The maximum atomic E-state index is 10.9. The molecule has 0 N–H and O–H groups in total. The van der Waals surface area contributed by atoms with E-state index in [4.69, 9.17) is 0 Å².